The van der Waals surface area contributed by atoms with Crippen LogP contribution in [0.5, 0.6) is 0 Å². The molecule has 0 aliphatic carbocycles. The Kier molecular flexibility index (Phi) is 3.46. The highest BCUT2D eigenvalue weighted by atomic mass is 79.9. The number of carbonyl (C=O) groups excluding carboxylic acids is 1. The lowest BCUT2D eigenvalue weighted by atomic mass is 10.1. The van der Waals surface area contributed by atoms with Crippen LogP contribution in [-0.4, -0.2) is 31.9 Å². The lowest BCUT2D eigenvalue weighted by Crippen LogP contribution is -2.30. The average Bonchev–Trinajstić information content (AvgIpc) is 3.24. The van der Waals surface area contributed by atoms with Gasteiger partial charge in [0.15, 0.2) is 11.3 Å². The SMILES string of the molecule is O=C(c1cc2ncc(Br)cn2n1)N1CCCC1c1ccsc1. The summed E-state index contributed by atoms with van der Waals surface area (Å²) >= 11 is 5.03. The molecule has 0 radical (unpaired) electrons. The first-order valence-corrected chi connectivity index (χ1v) is 8.80. The summed E-state index contributed by atoms with van der Waals surface area (Å²) in [6.07, 6.45) is 5.55. The molecule has 22 heavy (non-hydrogen) atoms. The molecule has 1 amide bonds. The second-order valence-corrected chi connectivity index (χ2v) is 7.01. The van der Waals surface area contributed by atoms with Crippen LogP contribution in [0.2, 0.25) is 0 Å². The molecule has 1 atom stereocenters. The predicted molar refractivity (Wildman–Crippen MR) is 88.0 cm³/mol. The number of hydrogen-bond acceptors (Lipinski definition) is 4. The molecule has 1 fully saturated rings. The Labute approximate surface area is 139 Å². The number of hydrogen-bond donors (Lipinski definition) is 0. The van der Waals surface area contributed by atoms with Gasteiger partial charge in [-0.1, -0.05) is 0 Å². The summed E-state index contributed by atoms with van der Waals surface area (Å²) in [6.45, 7) is 0.782. The molecule has 0 N–H and O–H groups in total. The minimum atomic E-state index is -0.0182. The Morgan fingerprint density at radius 1 is 1.45 bits per heavy atom. The predicted octanol–water partition coefficient (Wildman–Crippen LogP) is 3.53. The number of halogens is 1. The van der Waals surface area contributed by atoms with E-state index in [1.807, 2.05) is 4.90 Å². The molecule has 4 heterocycles. The van der Waals surface area contributed by atoms with E-state index >= 15 is 0 Å². The summed E-state index contributed by atoms with van der Waals surface area (Å²) < 4.78 is 2.46. The van der Waals surface area contributed by atoms with E-state index in [1.54, 1.807) is 34.3 Å². The Morgan fingerprint density at radius 3 is 3.18 bits per heavy atom. The first-order chi connectivity index (χ1) is 10.7. The summed E-state index contributed by atoms with van der Waals surface area (Å²) in [5.74, 6) is -0.0182. The minimum Gasteiger partial charge on any atom is -0.330 e. The summed E-state index contributed by atoms with van der Waals surface area (Å²) in [5.41, 5.74) is 2.35. The van der Waals surface area contributed by atoms with Gasteiger partial charge >= 0.3 is 0 Å². The number of fused-ring (bicyclic) bond motifs is 1. The van der Waals surface area contributed by atoms with Crippen molar-refractivity contribution >= 4 is 38.8 Å². The molecule has 1 unspecified atom stereocenters. The number of thiophene rings is 1. The third-order valence-electron chi connectivity index (χ3n) is 3.94. The number of aromatic nitrogens is 3. The van der Waals surface area contributed by atoms with Gasteiger partial charge < -0.3 is 4.90 Å². The van der Waals surface area contributed by atoms with Gasteiger partial charge in [-0.25, -0.2) is 9.50 Å². The summed E-state index contributed by atoms with van der Waals surface area (Å²) in [7, 11) is 0. The van der Waals surface area contributed by atoms with Gasteiger partial charge in [0.25, 0.3) is 5.91 Å². The zero-order valence-electron chi connectivity index (χ0n) is 11.6. The van der Waals surface area contributed by atoms with Crippen molar-refractivity contribution in [3.8, 4) is 0 Å². The summed E-state index contributed by atoms with van der Waals surface area (Å²) in [4.78, 5) is 19.0. The first-order valence-electron chi connectivity index (χ1n) is 7.06. The van der Waals surface area contributed by atoms with Crippen LogP contribution < -0.4 is 0 Å². The van der Waals surface area contributed by atoms with Crippen molar-refractivity contribution in [1.29, 1.82) is 0 Å². The van der Waals surface area contributed by atoms with Crippen molar-refractivity contribution in [2.45, 2.75) is 18.9 Å². The first kappa shape index (κ1) is 13.9. The third-order valence-corrected chi connectivity index (χ3v) is 5.05. The number of amides is 1. The van der Waals surface area contributed by atoms with E-state index in [0.29, 0.717) is 11.3 Å². The van der Waals surface area contributed by atoms with Crippen LogP contribution in [0.25, 0.3) is 5.65 Å². The normalized spacial score (nSPS) is 18.2. The van der Waals surface area contributed by atoms with E-state index in [1.165, 1.54) is 5.56 Å². The molecule has 1 aliphatic heterocycles. The van der Waals surface area contributed by atoms with Crippen LogP contribution in [0, 0.1) is 0 Å². The molecule has 1 aliphatic rings. The van der Waals surface area contributed by atoms with E-state index in [0.717, 1.165) is 23.9 Å². The topological polar surface area (TPSA) is 50.5 Å². The molecule has 3 aromatic heterocycles. The number of rotatable bonds is 2. The molecular formula is C15H13BrN4OS. The van der Waals surface area contributed by atoms with Crippen molar-refractivity contribution < 1.29 is 4.79 Å². The van der Waals surface area contributed by atoms with Crippen LogP contribution in [0.3, 0.4) is 0 Å². The van der Waals surface area contributed by atoms with Gasteiger partial charge in [-0.2, -0.15) is 16.4 Å². The van der Waals surface area contributed by atoms with E-state index in [2.05, 4.69) is 42.8 Å². The summed E-state index contributed by atoms with van der Waals surface area (Å²) in [5, 5.41) is 8.55. The Hall–Kier alpha value is -1.73. The van der Waals surface area contributed by atoms with Crippen LogP contribution in [0.1, 0.15) is 34.9 Å². The van der Waals surface area contributed by atoms with Gasteiger partial charge in [0.05, 0.1) is 10.5 Å². The van der Waals surface area contributed by atoms with Crippen molar-refractivity contribution in [1.82, 2.24) is 19.5 Å². The van der Waals surface area contributed by atoms with Gasteiger partial charge in [-0.3, -0.25) is 4.79 Å². The fraction of sp³-hybridized carbons (Fsp3) is 0.267. The van der Waals surface area contributed by atoms with Gasteiger partial charge in [-0.15, -0.1) is 0 Å². The van der Waals surface area contributed by atoms with Crippen molar-refractivity contribution in [2.24, 2.45) is 0 Å². The Morgan fingerprint density at radius 2 is 2.36 bits per heavy atom. The highest BCUT2D eigenvalue weighted by Crippen LogP contribution is 2.34. The molecule has 7 heteroatoms. The molecule has 5 nitrogen and oxygen atoms in total. The quantitative estimate of drug-likeness (QED) is 0.687. The molecule has 4 rings (SSSR count). The van der Waals surface area contributed by atoms with Crippen molar-refractivity contribution in [3.05, 3.63) is 51.0 Å². The maximum atomic E-state index is 12.8. The fourth-order valence-corrected chi connectivity index (χ4v) is 3.93. The molecule has 0 spiro atoms. The van der Waals surface area contributed by atoms with E-state index < -0.39 is 0 Å². The van der Waals surface area contributed by atoms with Crippen LogP contribution in [0.15, 0.2) is 39.8 Å². The maximum Gasteiger partial charge on any atom is 0.274 e. The second-order valence-electron chi connectivity index (χ2n) is 5.32. The molecule has 3 aromatic rings. The zero-order chi connectivity index (χ0) is 15.1. The Bertz CT molecular complexity index is 829. The molecule has 112 valence electrons. The summed E-state index contributed by atoms with van der Waals surface area (Å²) in [6, 6.07) is 4.02. The largest absolute Gasteiger partial charge is 0.330 e. The average molecular weight is 377 g/mol. The number of carbonyl (C=O) groups is 1. The highest BCUT2D eigenvalue weighted by Gasteiger charge is 2.32. The molecular weight excluding hydrogens is 364 g/mol. The lowest BCUT2D eigenvalue weighted by molar-refractivity contribution is 0.0729. The Balaban J connectivity index is 1.67. The lowest BCUT2D eigenvalue weighted by Gasteiger charge is -2.23. The molecule has 0 saturated carbocycles. The minimum absolute atomic E-state index is 0.0182. The maximum absolute atomic E-state index is 12.8. The smallest absolute Gasteiger partial charge is 0.274 e. The van der Waals surface area contributed by atoms with Gasteiger partial charge in [-0.05, 0) is 51.2 Å². The van der Waals surface area contributed by atoms with Crippen LogP contribution in [-0.2, 0) is 0 Å². The van der Waals surface area contributed by atoms with Crippen LogP contribution >= 0.6 is 27.3 Å². The highest BCUT2D eigenvalue weighted by molar-refractivity contribution is 9.10. The van der Waals surface area contributed by atoms with Gasteiger partial charge in [0, 0.05) is 25.0 Å². The van der Waals surface area contributed by atoms with Crippen molar-refractivity contribution in [2.75, 3.05) is 6.54 Å². The third kappa shape index (κ3) is 2.34. The number of nitrogens with zero attached hydrogens (tertiary/aromatic N) is 4. The van der Waals surface area contributed by atoms with E-state index in [4.69, 9.17) is 0 Å². The van der Waals surface area contributed by atoms with E-state index in [-0.39, 0.29) is 11.9 Å². The van der Waals surface area contributed by atoms with Gasteiger partial charge in [0.2, 0.25) is 0 Å². The molecule has 0 bridgehead atoms. The second kappa shape index (κ2) is 5.48. The number of likely N-dealkylation sites (tertiary alicyclic amines) is 1. The van der Waals surface area contributed by atoms with E-state index in [9.17, 15) is 4.79 Å². The molecule has 0 aromatic carbocycles. The van der Waals surface area contributed by atoms with Crippen LogP contribution in [0.4, 0.5) is 0 Å². The van der Waals surface area contributed by atoms with Crippen molar-refractivity contribution in [3.63, 3.8) is 0 Å². The standard InChI is InChI=1S/C15H13BrN4OS/c16-11-7-17-14-6-12(18-20(14)8-11)15(21)19-4-1-2-13(19)10-3-5-22-9-10/h3,5-9,13H,1-2,4H2. The zero-order valence-corrected chi connectivity index (χ0v) is 14.0. The molecule has 1 saturated heterocycles. The van der Waals surface area contributed by atoms with Gasteiger partial charge in [0.1, 0.15) is 0 Å². The monoisotopic (exact) mass is 376 g/mol. The fourth-order valence-electron chi connectivity index (χ4n) is 2.93.